The molecule has 0 spiro atoms. The maximum atomic E-state index is 11.8. The molecule has 0 aromatic heterocycles. The number of piperidine rings is 1. The monoisotopic (exact) mass is 281 g/mol. The summed E-state index contributed by atoms with van der Waals surface area (Å²) in [5.41, 5.74) is 8.57. The Balaban J connectivity index is 2.22. The fourth-order valence-corrected chi connectivity index (χ4v) is 2.81. The van der Waals surface area contributed by atoms with Gasteiger partial charge in [0.25, 0.3) is 0 Å². The summed E-state index contributed by atoms with van der Waals surface area (Å²) in [5.74, 6) is 0.165. The average Bonchev–Trinajstić information content (AvgIpc) is 2.42. The Morgan fingerprint density at radius 1 is 1.53 bits per heavy atom. The van der Waals surface area contributed by atoms with Gasteiger partial charge in [-0.3, -0.25) is 4.79 Å². The largest absolute Gasteiger partial charge is 0.398 e. The van der Waals surface area contributed by atoms with Gasteiger partial charge >= 0.3 is 0 Å². The van der Waals surface area contributed by atoms with Crippen LogP contribution >= 0.6 is 11.6 Å². The molecule has 1 atom stereocenters. The lowest BCUT2D eigenvalue weighted by Gasteiger charge is -2.34. The first-order chi connectivity index (χ1) is 9.02. The van der Waals surface area contributed by atoms with Gasteiger partial charge in [-0.2, -0.15) is 0 Å². The van der Waals surface area contributed by atoms with Crippen LogP contribution in [-0.4, -0.2) is 26.0 Å². The molecular formula is C14H20ClN3O. The Labute approximate surface area is 118 Å². The van der Waals surface area contributed by atoms with Crippen LogP contribution in [0.5, 0.6) is 0 Å². The number of carbonyl (C=O) groups is 1. The summed E-state index contributed by atoms with van der Waals surface area (Å²) in [4.78, 5) is 14.0. The highest BCUT2D eigenvalue weighted by molar-refractivity contribution is 6.33. The van der Waals surface area contributed by atoms with Gasteiger partial charge in [-0.05, 0) is 37.5 Å². The van der Waals surface area contributed by atoms with Crippen molar-refractivity contribution in [1.82, 2.24) is 5.32 Å². The molecule has 3 N–H and O–H groups in total. The first kappa shape index (κ1) is 14.0. The molecule has 1 aromatic carbocycles. The van der Waals surface area contributed by atoms with E-state index in [0.29, 0.717) is 10.7 Å². The van der Waals surface area contributed by atoms with Crippen LogP contribution in [-0.2, 0) is 4.79 Å². The van der Waals surface area contributed by atoms with Crippen LogP contribution in [0.1, 0.15) is 18.4 Å². The highest BCUT2D eigenvalue weighted by atomic mass is 35.5. The number of nitrogen functional groups attached to an aromatic ring is 1. The second-order valence-corrected chi connectivity index (χ2v) is 5.47. The second kappa shape index (κ2) is 5.70. The van der Waals surface area contributed by atoms with Crippen molar-refractivity contribution in [3.8, 4) is 0 Å². The minimum absolute atomic E-state index is 0.0504. The number of nitrogens with zero attached hydrogens (tertiary/aromatic N) is 1. The molecule has 1 unspecified atom stereocenters. The molecule has 104 valence electrons. The van der Waals surface area contributed by atoms with E-state index in [1.54, 1.807) is 7.05 Å². The highest BCUT2D eigenvalue weighted by Crippen LogP contribution is 2.32. The van der Waals surface area contributed by atoms with Crippen molar-refractivity contribution in [3.63, 3.8) is 0 Å². The van der Waals surface area contributed by atoms with Crippen molar-refractivity contribution >= 4 is 28.9 Å². The molecule has 0 aliphatic carbocycles. The summed E-state index contributed by atoms with van der Waals surface area (Å²) in [5, 5.41) is 3.30. The van der Waals surface area contributed by atoms with Gasteiger partial charge in [0.05, 0.1) is 16.6 Å². The summed E-state index contributed by atoms with van der Waals surface area (Å²) in [6.45, 7) is 3.71. The molecule has 1 aromatic rings. The molecule has 19 heavy (non-hydrogen) atoms. The summed E-state index contributed by atoms with van der Waals surface area (Å²) >= 11 is 6.10. The number of hydrogen-bond donors (Lipinski definition) is 2. The molecule has 1 heterocycles. The van der Waals surface area contributed by atoms with E-state index < -0.39 is 0 Å². The number of carbonyl (C=O) groups excluding carboxylic acids is 1. The molecule has 2 rings (SSSR count). The van der Waals surface area contributed by atoms with Crippen molar-refractivity contribution in [2.24, 2.45) is 5.92 Å². The number of benzene rings is 1. The van der Waals surface area contributed by atoms with Gasteiger partial charge in [0.15, 0.2) is 0 Å². The van der Waals surface area contributed by atoms with Crippen molar-refractivity contribution in [2.75, 3.05) is 30.8 Å². The number of halogens is 1. The molecule has 1 aliphatic rings. The van der Waals surface area contributed by atoms with Crippen molar-refractivity contribution < 1.29 is 4.79 Å². The van der Waals surface area contributed by atoms with Crippen LogP contribution in [0.2, 0.25) is 5.02 Å². The predicted molar refractivity (Wildman–Crippen MR) is 79.6 cm³/mol. The molecule has 5 heteroatoms. The van der Waals surface area contributed by atoms with Crippen LogP contribution in [0.3, 0.4) is 0 Å². The third-order valence-electron chi connectivity index (χ3n) is 3.69. The number of hydrogen-bond acceptors (Lipinski definition) is 3. The fraction of sp³-hybridized carbons (Fsp3) is 0.500. The van der Waals surface area contributed by atoms with Gasteiger partial charge < -0.3 is 16.0 Å². The van der Waals surface area contributed by atoms with Crippen molar-refractivity contribution in [2.45, 2.75) is 19.8 Å². The Hall–Kier alpha value is -1.42. The second-order valence-electron chi connectivity index (χ2n) is 5.06. The Morgan fingerprint density at radius 3 is 2.95 bits per heavy atom. The van der Waals surface area contributed by atoms with E-state index in [1.165, 1.54) is 0 Å². The van der Waals surface area contributed by atoms with Crippen molar-refractivity contribution in [3.05, 3.63) is 22.7 Å². The maximum Gasteiger partial charge on any atom is 0.224 e. The molecule has 1 saturated heterocycles. The van der Waals surface area contributed by atoms with E-state index in [2.05, 4.69) is 10.2 Å². The summed E-state index contributed by atoms with van der Waals surface area (Å²) in [6.07, 6.45) is 1.96. The van der Waals surface area contributed by atoms with E-state index in [9.17, 15) is 4.79 Å². The quantitative estimate of drug-likeness (QED) is 0.817. The van der Waals surface area contributed by atoms with E-state index in [1.807, 2.05) is 19.1 Å². The zero-order valence-corrected chi connectivity index (χ0v) is 12.1. The van der Waals surface area contributed by atoms with Gasteiger partial charge in [-0.1, -0.05) is 11.6 Å². The Bertz CT molecular complexity index is 490. The average molecular weight is 282 g/mol. The van der Waals surface area contributed by atoms with Crippen LogP contribution in [0.15, 0.2) is 12.1 Å². The third kappa shape index (κ3) is 2.95. The zero-order valence-electron chi connectivity index (χ0n) is 11.4. The first-order valence-electron chi connectivity index (χ1n) is 6.55. The predicted octanol–water partition coefficient (Wildman–Crippen LogP) is 2.19. The summed E-state index contributed by atoms with van der Waals surface area (Å²) in [6, 6.07) is 3.79. The zero-order chi connectivity index (χ0) is 14.0. The number of amides is 1. The Kier molecular flexibility index (Phi) is 4.20. The number of rotatable bonds is 2. The van der Waals surface area contributed by atoms with E-state index in [4.69, 9.17) is 17.3 Å². The minimum atomic E-state index is 0.0504. The van der Waals surface area contributed by atoms with E-state index in [-0.39, 0.29) is 11.8 Å². The van der Waals surface area contributed by atoms with Gasteiger partial charge in [0, 0.05) is 25.8 Å². The molecular weight excluding hydrogens is 262 g/mol. The maximum absolute atomic E-state index is 11.8. The van der Waals surface area contributed by atoms with Crippen molar-refractivity contribution in [1.29, 1.82) is 0 Å². The summed E-state index contributed by atoms with van der Waals surface area (Å²) < 4.78 is 0. The molecule has 1 aliphatic heterocycles. The fourth-order valence-electron chi connectivity index (χ4n) is 2.65. The SMILES string of the molecule is CNC(=O)C1CCCN(c2cc(Cl)c(N)cc2C)C1. The normalized spacial score (nSPS) is 19.3. The first-order valence-corrected chi connectivity index (χ1v) is 6.93. The molecule has 0 saturated carbocycles. The lowest BCUT2D eigenvalue weighted by molar-refractivity contribution is -0.124. The van der Waals surface area contributed by atoms with Crippen LogP contribution < -0.4 is 16.0 Å². The van der Waals surface area contributed by atoms with Crippen LogP contribution in [0, 0.1) is 12.8 Å². The lowest BCUT2D eigenvalue weighted by Crippen LogP contribution is -2.42. The Morgan fingerprint density at radius 2 is 2.26 bits per heavy atom. The molecule has 1 amide bonds. The van der Waals surface area contributed by atoms with Crippen LogP contribution in [0.25, 0.3) is 0 Å². The number of anilines is 2. The standard InChI is InChI=1S/C14H20ClN3O/c1-9-6-12(16)11(15)7-13(9)18-5-3-4-10(8-18)14(19)17-2/h6-7,10H,3-5,8,16H2,1-2H3,(H,17,19). The lowest BCUT2D eigenvalue weighted by atomic mass is 9.96. The molecule has 1 fully saturated rings. The van der Waals surface area contributed by atoms with Gasteiger partial charge in [-0.15, -0.1) is 0 Å². The molecule has 0 radical (unpaired) electrons. The number of aryl methyl sites for hydroxylation is 1. The molecule has 0 bridgehead atoms. The number of nitrogens with one attached hydrogen (secondary N) is 1. The van der Waals surface area contributed by atoms with Gasteiger partial charge in [-0.25, -0.2) is 0 Å². The number of nitrogens with two attached hydrogens (primary N) is 1. The van der Waals surface area contributed by atoms with E-state index >= 15 is 0 Å². The van der Waals surface area contributed by atoms with E-state index in [0.717, 1.165) is 37.2 Å². The van der Waals surface area contributed by atoms with Gasteiger partial charge in [0.1, 0.15) is 0 Å². The summed E-state index contributed by atoms with van der Waals surface area (Å²) in [7, 11) is 1.69. The van der Waals surface area contributed by atoms with Crippen LogP contribution in [0.4, 0.5) is 11.4 Å². The topological polar surface area (TPSA) is 58.4 Å². The highest BCUT2D eigenvalue weighted by Gasteiger charge is 2.26. The minimum Gasteiger partial charge on any atom is -0.398 e. The smallest absolute Gasteiger partial charge is 0.224 e. The van der Waals surface area contributed by atoms with Gasteiger partial charge in [0.2, 0.25) is 5.91 Å². The molecule has 4 nitrogen and oxygen atoms in total. The third-order valence-corrected chi connectivity index (χ3v) is 4.02.